The zero-order chi connectivity index (χ0) is 8.91. The molecule has 0 saturated heterocycles. The molecule has 0 fully saturated rings. The summed E-state index contributed by atoms with van der Waals surface area (Å²) in [5, 5.41) is 8.70. The largest absolute Gasteiger partial charge is 0.391 e. The van der Waals surface area contributed by atoms with Gasteiger partial charge in [0.1, 0.15) is 0 Å². The minimum absolute atomic E-state index is 0.274. The van der Waals surface area contributed by atoms with Gasteiger partial charge in [0, 0.05) is 6.61 Å². The predicted molar refractivity (Wildman–Crippen MR) is 40.8 cm³/mol. The van der Waals surface area contributed by atoms with Gasteiger partial charge in [-0.05, 0) is 13.0 Å². The lowest BCUT2D eigenvalue weighted by molar-refractivity contribution is -0.144. The number of hydrogen-bond acceptors (Lipinski definition) is 4. The Morgan fingerprint density at radius 3 is 2.73 bits per heavy atom. The standard InChI is InChI=1S/C7H13NO3/c1-3-6(10)7(8,5-9)11-4-2/h3,9H,1,4-5,8H2,2H3. The molecule has 1 unspecified atom stereocenters. The molecule has 0 bridgehead atoms. The zero-order valence-corrected chi connectivity index (χ0v) is 6.54. The first-order chi connectivity index (χ1) is 5.10. The highest BCUT2D eigenvalue weighted by Gasteiger charge is 2.31. The molecule has 64 valence electrons. The van der Waals surface area contributed by atoms with E-state index >= 15 is 0 Å². The van der Waals surface area contributed by atoms with Crippen LogP contribution in [0.3, 0.4) is 0 Å². The third-order valence-electron chi connectivity index (χ3n) is 1.24. The van der Waals surface area contributed by atoms with Gasteiger partial charge in [0.05, 0.1) is 6.61 Å². The van der Waals surface area contributed by atoms with Crippen LogP contribution in [-0.2, 0) is 9.53 Å². The van der Waals surface area contributed by atoms with E-state index in [1.165, 1.54) is 0 Å². The van der Waals surface area contributed by atoms with E-state index in [9.17, 15) is 4.79 Å². The summed E-state index contributed by atoms with van der Waals surface area (Å²) >= 11 is 0. The molecule has 0 aromatic carbocycles. The molecule has 3 N–H and O–H groups in total. The number of aliphatic hydroxyl groups is 1. The van der Waals surface area contributed by atoms with Crippen LogP contribution in [0.4, 0.5) is 0 Å². The van der Waals surface area contributed by atoms with Crippen molar-refractivity contribution in [2.24, 2.45) is 5.73 Å². The highest BCUT2D eigenvalue weighted by Crippen LogP contribution is 2.03. The number of ether oxygens (including phenoxy) is 1. The highest BCUT2D eigenvalue weighted by atomic mass is 16.5. The minimum Gasteiger partial charge on any atom is -0.391 e. The summed E-state index contributed by atoms with van der Waals surface area (Å²) in [6.07, 6.45) is 1.03. The van der Waals surface area contributed by atoms with E-state index in [0.29, 0.717) is 0 Å². The van der Waals surface area contributed by atoms with Crippen molar-refractivity contribution in [1.29, 1.82) is 0 Å². The topological polar surface area (TPSA) is 72.6 Å². The molecule has 0 aliphatic heterocycles. The lowest BCUT2D eigenvalue weighted by Crippen LogP contribution is -2.53. The second-order valence-electron chi connectivity index (χ2n) is 2.05. The number of ketones is 1. The first kappa shape index (κ1) is 10.3. The molecule has 0 aromatic heterocycles. The molecular formula is C7H13NO3. The summed E-state index contributed by atoms with van der Waals surface area (Å²) in [7, 11) is 0. The maximum atomic E-state index is 10.9. The fourth-order valence-electron chi connectivity index (χ4n) is 0.625. The molecule has 0 aromatic rings. The van der Waals surface area contributed by atoms with Crippen LogP contribution in [0.1, 0.15) is 6.92 Å². The maximum Gasteiger partial charge on any atom is 0.204 e. The molecule has 0 saturated carbocycles. The van der Waals surface area contributed by atoms with Crippen LogP contribution >= 0.6 is 0 Å². The van der Waals surface area contributed by atoms with Crippen molar-refractivity contribution in [3.05, 3.63) is 12.7 Å². The van der Waals surface area contributed by atoms with Gasteiger partial charge in [-0.1, -0.05) is 6.58 Å². The van der Waals surface area contributed by atoms with Crippen molar-refractivity contribution in [3.63, 3.8) is 0 Å². The molecule has 11 heavy (non-hydrogen) atoms. The van der Waals surface area contributed by atoms with E-state index in [2.05, 4.69) is 6.58 Å². The van der Waals surface area contributed by atoms with E-state index in [1.54, 1.807) is 6.92 Å². The van der Waals surface area contributed by atoms with Crippen molar-refractivity contribution >= 4 is 5.78 Å². The van der Waals surface area contributed by atoms with Crippen LogP contribution in [0.15, 0.2) is 12.7 Å². The first-order valence-corrected chi connectivity index (χ1v) is 3.31. The van der Waals surface area contributed by atoms with Crippen molar-refractivity contribution in [2.75, 3.05) is 13.2 Å². The van der Waals surface area contributed by atoms with Crippen molar-refractivity contribution in [2.45, 2.75) is 12.6 Å². The number of nitrogens with two attached hydrogens (primary N) is 1. The van der Waals surface area contributed by atoms with E-state index in [0.717, 1.165) is 6.08 Å². The average molecular weight is 159 g/mol. The molecule has 0 aliphatic carbocycles. The van der Waals surface area contributed by atoms with Gasteiger partial charge in [-0.15, -0.1) is 0 Å². The summed E-state index contributed by atoms with van der Waals surface area (Å²) in [5.74, 6) is -0.512. The molecule has 4 nitrogen and oxygen atoms in total. The fraction of sp³-hybridized carbons (Fsp3) is 0.571. The molecule has 1 atom stereocenters. The maximum absolute atomic E-state index is 10.9. The molecule has 0 rings (SSSR count). The van der Waals surface area contributed by atoms with Crippen molar-refractivity contribution in [3.8, 4) is 0 Å². The van der Waals surface area contributed by atoms with E-state index in [1.807, 2.05) is 0 Å². The van der Waals surface area contributed by atoms with Gasteiger partial charge in [-0.3, -0.25) is 10.5 Å². The minimum atomic E-state index is -1.60. The SMILES string of the molecule is C=CC(=O)C(N)(CO)OCC. The summed E-state index contributed by atoms with van der Waals surface area (Å²) in [6.45, 7) is 4.66. The van der Waals surface area contributed by atoms with E-state index in [-0.39, 0.29) is 6.61 Å². The Kier molecular flexibility index (Phi) is 3.95. The zero-order valence-electron chi connectivity index (χ0n) is 6.54. The Morgan fingerprint density at radius 2 is 2.45 bits per heavy atom. The summed E-state index contributed by atoms with van der Waals surface area (Å²) < 4.78 is 4.84. The summed E-state index contributed by atoms with van der Waals surface area (Å²) in [5.41, 5.74) is 3.77. The summed E-state index contributed by atoms with van der Waals surface area (Å²) in [6, 6.07) is 0. The van der Waals surface area contributed by atoms with Crippen LogP contribution < -0.4 is 5.73 Å². The monoisotopic (exact) mass is 159 g/mol. The van der Waals surface area contributed by atoms with Gasteiger partial charge in [-0.25, -0.2) is 0 Å². The number of hydrogen-bond donors (Lipinski definition) is 2. The third-order valence-corrected chi connectivity index (χ3v) is 1.24. The molecule has 4 heteroatoms. The Labute approximate surface area is 65.6 Å². The van der Waals surface area contributed by atoms with Crippen LogP contribution in [0.5, 0.6) is 0 Å². The lowest BCUT2D eigenvalue weighted by atomic mass is 10.1. The second kappa shape index (κ2) is 4.23. The van der Waals surface area contributed by atoms with Gasteiger partial charge >= 0.3 is 0 Å². The van der Waals surface area contributed by atoms with Gasteiger partial charge in [0.15, 0.2) is 0 Å². The van der Waals surface area contributed by atoms with Gasteiger partial charge in [0.2, 0.25) is 11.5 Å². The molecule has 0 heterocycles. The molecule has 0 aliphatic rings. The van der Waals surface area contributed by atoms with E-state index in [4.69, 9.17) is 15.6 Å². The summed E-state index contributed by atoms with van der Waals surface area (Å²) in [4.78, 5) is 10.9. The molecule has 0 amide bonds. The van der Waals surface area contributed by atoms with Crippen LogP contribution in [0.25, 0.3) is 0 Å². The number of carbonyl (C=O) groups is 1. The van der Waals surface area contributed by atoms with Gasteiger partial charge < -0.3 is 9.84 Å². The quantitative estimate of drug-likeness (QED) is 0.416. The third kappa shape index (κ3) is 2.42. The van der Waals surface area contributed by atoms with Gasteiger partial charge in [0.25, 0.3) is 0 Å². The fourth-order valence-corrected chi connectivity index (χ4v) is 0.625. The van der Waals surface area contributed by atoms with Crippen molar-refractivity contribution in [1.82, 2.24) is 0 Å². The lowest BCUT2D eigenvalue weighted by Gasteiger charge is -2.23. The van der Waals surface area contributed by atoms with Crippen LogP contribution in [-0.4, -0.2) is 29.8 Å². The van der Waals surface area contributed by atoms with Crippen LogP contribution in [0, 0.1) is 0 Å². The predicted octanol–water partition coefficient (Wildman–Crippen LogP) is -0.575. The molecule has 0 spiro atoms. The number of aliphatic hydroxyl groups excluding tert-OH is 1. The molecule has 0 radical (unpaired) electrons. The number of carbonyl (C=O) groups excluding carboxylic acids is 1. The first-order valence-electron chi connectivity index (χ1n) is 3.31. The normalized spacial score (nSPS) is 15.5. The average Bonchev–Trinajstić information content (AvgIpc) is 2.03. The number of rotatable bonds is 5. The molecular weight excluding hydrogens is 146 g/mol. The Bertz CT molecular complexity index is 158. The van der Waals surface area contributed by atoms with E-state index < -0.39 is 18.1 Å². The highest BCUT2D eigenvalue weighted by molar-refractivity contribution is 5.96. The smallest absolute Gasteiger partial charge is 0.204 e. The Morgan fingerprint density at radius 1 is 1.91 bits per heavy atom. The second-order valence-corrected chi connectivity index (χ2v) is 2.05. The Hall–Kier alpha value is -0.710. The van der Waals surface area contributed by atoms with Crippen molar-refractivity contribution < 1.29 is 14.6 Å². The van der Waals surface area contributed by atoms with Crippen LogP contribution in [0.2, 0.25) is 0 Å². The Balaban J connectivity index is 4.31. The van der Waals surface area contributed by atoms with Gasteiger partial charge in [-0.2, -0.15) is 0 Å².